The predicted molar refractivity (Wildman–Crippen MR) is 138 cm³/mol. The van der Waals surface area contributed by atoms with E-state index < -0.39 is 0 Å². The Bertz CT molecular complexity index is 1240. The number of carbonyl (C=O) groups excluding carboxylic acids is 2. The highest BCUT2D eigenvalue weighted by Crippen LogP contribution is 2.36. The number of para-hydroxylation sites is 2. The minimum absolute atomic E-state index is 0.0781. The van der Waals surface area contributed by atoms with Crippen molar-refractivity contribution in [1.82, 2.24) is 4.90 Å². The average Bonchev–Trinajstić information content (AvgIpc) is 3.17. The summed E-state index contributed by atoms with van der Waals surface area (Å²) >= 11 is 0. The van der Waals surface area contributed by atoms with Crippen LogP contribution in [0.4, 0.5) is 5.69 Å². The molecule has 0 N–H and O–H groups in total. The van der Waals surface area contributed by atoms with E-state index in [9.17, 15) is 9.59 Å². The summed E-state index contributed by atoms with van der Waals surface area (Å²) in [6.45, 7) is 4.15. The van der Waals surface area contributed by atoms with Crippen LogP contribution in [0.15, 0.2) is 78.6 Å². The molecule has 3 aromatic rings. The molecule has 0 aliphatic carbocycles. The van der Waals surface area contributed by atoms with Crippen molar-refractivity contribution in [3.05, 3.63) is 101 Å². The van der Waals surface area contributed by atoms with E-state index in [2.05, 4.69) is 12.1 Å². The molecule has 5 nitrogen and oxygen atoms in total. The quantitative estimate of drug-likeness (QED) is 0.445. The standard InChI is InChI=1S/C30H30N2O3/c1-22-10-12-24(13-11-22)21-32-26-8-4-5-9-27(26)35-28(30(32)34)20-23-14-16-25(17-15-23)29(33)31-18-6-2-3-7-19-31/h4-5,8-17,20H,2-3,6-7,18-19,21H2,1H3/b28-20+. The zero-order valence-electron chi connectivity index (χ0n) is 20.1. The summed E-state index contributed by atoms with van der Waals surface area (Å²) in [5, 5.41) is 0. The van der Waals surface area contributed by atoms with Gasteiger partial charge in [-0.25, -0.2) is 0 Å². The molecule has 0 unspecified atom stereocenters. The SMILES string of the molecule is Cc1ccc(CN2C(=O)/C(=C\c3ccc(C(=O)N4CCCCCC4)cc3)Oc3ccccc32)cc1. The number of nitrogens with zero attached hydrogens (tertiary/aromatic N) is 2. The molecular weight excluding hydrogens is 436 g/mol. The summed E-state index contributed by atoms with van der Waals surface area (Å²) < 4.78 is 6.02. The molecule has 0 aromatic heterocycles. The van der Waals surface area contributed by atoms with Gasteiger partial charge in [0.05, 0.1) is 12.2 Å². The van der Waals surface area contributed by atoms with Crippen molar-refractivity contribution in [3.63, 3.8) is 0 Å². The number of anilines is 1. The Kier molecular flexibility index (Phi) is 6.66. The van der Waals surface area contributed by atoms with Crippen LogP contribution in [0.25, 0.3) is 6.08 Å². The van der Waals surface area contributed by atoms with Crippen LogP contribution >= 0.6 is 0 Å². The molecule has 0 spiro atoms. The molecule has 3 aromatic carbocycles. The molecule has 5 heteroatoms. The van der Waals surface area contributed by atoms with Gasteiger partial charge in [-0.15, -0.1) is 0 Å². The van der Waals surface area contributed by atoms with E-state index in [1.165, 1.54) is 18.4 Å². The summed E-state index contributed by atoms with van der Waals surface area (Å²) in [7, 11) is 0. The van der Waals surface area contributed by atoms with E-state index in [0.717, 1.165) is 42.7 Å². The lowest BCUT2D eigenvalue weighted by molar-refractivity contribution is -0.117. The Labute approximate surface area is 206 Å². The van der Waals surface area contributed by atoms with E-state index in [1.807, 2.05) is 72.5 Å². The van der Waals surface area contributed by atoms with Crippen LogP contribution in [0.1, 0.15) is 52.7 Å². The normalized spacial score (nSPS) is 17.1. The summed E-state index contributed by atoms with van der Waals surface area (Å²) in [6, 6.07) is 23.2. The second-order valence-corrected chi connectivity index (χ2v) is 9.28. The number of fused-ring (bicyclic) bond motifs is 1. The Balaban J connectivity index is 1.38. The third-order valence-corrected chi connectivity index (χ3v) is 6.64. The zero-order chi connectivity index (χ0) is 24.2. The van der Waals surface area contributed by atoms with Crippen molar-refractivity contribution < 1.29 is 14.3 Å². The van der Waals surface area contributed by atoms with Crippen LogP contribution < -0.4 is 9.64 Å². The zero-order valence-corrected chi connectivity index (χ0v) is 20.1. The number of hydrogen-bond acceptors (Lipinski definition) is 3. The van der Waals surface area contributed by atoms with Crippen molar-refractivity contribution in [1.29, 1.82) is 0 Å². The highest BCUT2D eigenvalue weighted by Gasteiger charge is 2.30. The topological polar surface area (TPSA) is 49.9 Å². The Morgan fingerprint density at radius 1 is 0.886 bits per heavy atom. The van der Waals surface area contributed by atoms with Gasteiger partial charge in [-0.2, -0.15) is 0 Å². The van der Waals surface area contributed by atoms with Gasteiger partial charge in [-0.3, -0.25) is 14.5 Å². The first-order chi connectivity index (χ1) is 17.1. The van der Waals surface area contributed by atoms with Gasteiger partial charge in [0.15, 0.2) is 11.5 Å². The van der Waals surface area contributed by atoms with E-state index in [4.69, 9.17) is 4.74 Å². The number of aryl methyl sites for hydroxylation is 1. The first kappa shape index (κ1) is 22.9. The monoisotopic (exact) mass is 466 g/mol. The van der Waals surface area contributed by atoms with Gasteiger partial charge in [0, 0.05) is 18.7 Å². The van der Waals surface area contributed by atoms with Crippen LogP contribution in [0.2, 0.25) is 0 Å². The van der Waals surface area contributed by atoms with Crippen LogP contribution in [0, 0.1) is 6.92 Å². The van der Waals surface area contributed by atoms with Crippen LogP contribution in [0.5, 0.6) is 5.75 Å². The van der Waals surface area contributed by atoms with E-state index in [-0.39, 0.29) is 17.6 Å². The smallest absolute Gasteiger partial charge is 0.294 e. The van der Waals surface area contributed by atoms with Crippen molar-refractivity contribution in [2.45, 2.75) is 39.2 Å². The van der Waals surface area contributed by atoms with Gasteiger partial charge >= 0.3 is 0 Å². The fourth-order valence-electron chi connectivity index (χ4n) is 4.62. The number of likely N-dealkylation sites (tertiary alicyclic amines) is 1. The third-order valence-electron chi connectivity index (χ3n) is 6.64. The number of carbonyl (C=O) groups is 2. The number of ether oxygens (including phenoxy) is 1. The van der Waals surface area contributed by atoms with E-state index in [0.29, 0.717) is 17.9 Å². The lowest BCUT2D eigenvalue weighted by atomic mass is 10.1. The van der Waals surface area contributed by atoms with Crippen LogP contribution in [0.3, 0.4) is 0 Å². The third kappa shape index (κ3) is 5.14. The molecule has 1 saturated heterocycles. The Morgan fingerprint density at radius 3 is 2.29 bits per heavy atom. The molecule has 0 radical (unpaired) electrons. The largest absolute Gasteiger partial charge is 0.449 e. The molecule has 2 aliphatic rings. The maximum absolute atomic E-state index is 13.4. The minimum atomic E-state index is -0.186. The summed E-state index contributed by atoms with van der Waals surface area (Å²) in [6.07, 6.45) is 6.26. The fourth-order valence-corrected chi connectivity index (χ4v) is 4.62. The number of benzene rings is 3. The van der Waals surface area contributed by atoms with Crippen molar-refractivity contribution in [2.24, 2.45) is 0 Å². The van der Waals surface area contributed by atoms with Crippen molar-refractivity contribution >= 4 is 23.6 Å². The molecule has 0 atom stereocenters. The maximum Gasteiger partial charge on any atom is 0.294 e. The first-order valence-electron chi connectivity index (χ1n) is 12.3. The van der Waals surface area contributed by atoms with E-state index >= 15 is 0 Å². The molecule has 35 heavy (non-hydrogen) atoms. The molecule has 5 rings (SSSR count). The second-order valence-electron chi connectivity index (χ2n) is 9.28. The van der Waals surface area contributed by atoms with Crippen molar-refractivity contribution in [3.8, 4) is 5.75 Å². The molecule has 1 fully saturated rings. The average molecular weight is 467 g/mol. The molecule has 2 amide bonds. The number of hydrogen-bond donors (Lipinski definition) is 0. The van der Waals surface area contributed by atoms with Crippen molar-refractivity contribution in [2.75, 3.05) is 18.0 Å². The van der Waals surface area contributed by atoms with Gasteiger partial charge in [0.1, 0.15) is 0 Å². The molecule has 0 bridgehead atoms. The Hall–Kier alpha value is -3.86. The van der Waals surface area contributed by atoms with Gasteiger partial charge < -0.3 is 9.64 Å². The maximum atomic E-state index is 13.4. The van der Waals surface area contributed by atoms with E-state index in [1.54, 1.807) is 11.0 Å². The summed E-state index contributed by atoms with van der Waals surface area (Å²) in [5.41, 5.74) is 4.48. The van der Waals surface area contributed by atoms with Gasteiger partial charge in [-0.05, 0) is 61.2 Å². The predicted octanol–water partition coefficient (Wildman–Crippen LogP) is 5.98. The van der Waals surface area contributed by atoms with Crippen LogP contribution in [-0.4, -0.2) is 29.8 Å². The second kappa shape index (κ2) is 10.2. The van der Waals surface area contributed by atoms with Gasteiger partial charge in [0.25, 0.3) is 11.8 Å². The molecule has 0 saturated carbocycles. The molecular formula is C30H30N2O3. The Morgan fingerprint density at radius 2 is 1.57 bits per heavy atom. The highest BCUT2D eigenvalue weighted by molar-refractivity contribution is 6.09. The number of amides is 2. The lowest BCUT2D eigenvalue weighted by Crippen LogP contribution is -2.36. The minimum Gasteiger partial charge on any atom is -0.449 e. The van der Waals surface area contributed by atoms with Gasteiger partial charge in [-0.1, -0.05) is 66.9 Å². The number of rotatable bonds is 4. The highest BCUT2D eigenvalue weighted by atomic mass is 16.5. The molecule has 2 heterocycles. The molecule has 178 valence electrons. The molecule has 2 aliphatic heterocycles. The lowest BCUT2D eigenvalue weighted by Gasteiger charge is -2.30. The summed E-state index contributed by atoms with van der Waals surface area (Å²) in [5.74, 6) is 0.809. The summed E-state index contributed by atoms with van der Waals surface area (Å²) in [4.78, 5) is 30.1. The van der Waals surface area contributed by atoms with Gasteiger partial charge in [0.2, 0.25) is 0 Å². The van der Waals surface area contributed by atoms with Crippen LogP contribution in [-0.2, 0) is 11.3 Å². The first-order valence-corrected chi connectivity index (χ1v) is 12.3. The fraction of sp³-hybridized carbons (Fsp3) is 0.267.